The number of fused-ring (bicyclic) bond motifs is 1. The van der Waals surface area contributed by atoms with Gasteiger partial charge < -0.3 is 9.73 Å². The molecule has 4 aromatic heterocycles. The summed E-state index contributed by atoms with van der Waals surface area (Å²) in [5.41, 5.74) is 3.73. The van der Waals surface area contributed by atoms with E-state index in [2.05, 4.69) is 20.5 Å². The van der Waals surface area contributed by atoms with E-state index in [0.29, 0.717) is 17.2 Å². The number of amides is 1. The molecule has 29 heavy (non-hydrogen) atoms. The van der Waals surface area contributed by atoms with E-state index in [1.165, 1.54) is 6.26 Å². The highest BCUT2D eigenvalue weighted by molar-refractivity contribution is 6.02. The Bertz CT molecular complexity index is 1300. The van der Waals surface area contributed by atoms with Crippen LogP contribution in [0.5, 0.6) is 0 Å². The summed E-state index contributed by atoms with van der Waals surface area (Å²) >= 11 is 0. The number of nitrogens with zero attached hydrogens (tertiary/aromatic N) is 5. The van der Waals surface area contributed by atoms with Crippen LogP contribution in [-0.2, 0) is 0 Å². The van der Waals surface area contributed by atoms with Crippen LogP contribution in [0.2, 0.25) is 0 Å². The molecule has 5 rings (SSSR count). The third-order valence-corrected chi connectivity index (χ3v) is 4.36. The number of pyridine rings is 1. The summed E-state index contributed by atoms with van der Waals surface area (Å²) in [6, 6.07) is 18.2. The van der Waals surface area contributed by atoms with Gasteiger partial charge in [-0.3, -0.25) is 9.78 Å². The van der Waals surface area contributed by atoms with Gasteiger partial charge in [-0.2, -0.15) is 9.61 Å². The molecule has 0 bridgehead atoms. The van der Waals surface area contributed by atoms with Crippen LogP contribution < -0.4 is 5.32 Å². The Labute approximate surface area is 164 Å². The zero-order valence-corrected chi connectivity index (χ0v) is 15.1. The third kappa shape index (κ3) is 3.23. The molecule has 1 amide bonds. The second kappa shape index (κ2) is 7.01. The number of benzene rings is 1. The van der Waals surface area contributed by atoms with Crippen molar-refractivity contribution in [3.05, 3.63) is 85.1 Å². The zero-order chi connectivity index (χ0) is 19.6. The van der Waals surface area contributed by atoms with Gasteiger partial charge in [-0.25, -0.2) is 0 Å². The molecule has 0 fully saturated rings. The van der Waals surface area contributed by atoms with Crippen molar-refractivity contribution in [2.75, 3.05) is 5.32 Å². The highest BCUT2D eigenvalue weighted by Crippen LogP contribution is 2.23. The monoisotopic (exact) mass is 382 g/mol. The molecule has 4 heterocycles. The number of hydrogen-bond acceptors (Lipinski definition) is 6. The first-order valence-electron chi connectivity index (χ1n) is 8.86. The molecule has 0 atom stereocenters. The van der Waals surface area contributed by atoms with Crippen LogP contribution in [0.3, 0.4) is 0 Å². The quantitative estimate of drug-likeness (QED) is 0.509. The summed E-state index contributed by atoms with van der Waals surface area (Å²) < 4.78 is 6.82. The van der Waals surface area contributed by atoms with Crippen molar-refractivity contribution in [1.82, 2.24) is 24.8 Å². The molecule has 140 valence electrons. The van der Waals surface area contributed by atoms with E-state index in [1.807, 2.05) is 48.5 Å². The first-order valence-corrected chi connectivity index (χ1v) is 8.86. The lowest BCUT2D eigenvalue weighted by Crippen LogP contribution is -2.10. The van der Waals surface area contributed by atoms with Crippen LogP contribution in [0.15, 0.2) is 83.7 Å². The van der Waals surface area contributed by atoms with Gasteiger partial charge >= 0.3 is 0 Å². The summed E-state index contributed by atoms with van der Waals surface area (Å²) in [5, 5.41) is 15.9. The molecule has 8 nitrogen and oxygen atoms in total. The topological polar surface area (TPSA) is 98.2 Å². The number of carbonyl (C=O) groups is 1. The molecule has 0 unspecified atom stereocenters. The van der Waals surface area contributed by atoms with E-state index in [0.717, 1.165) is 16.8 Å². The average Bonchev–Trinajstić information content (AvgIpc) is 3.44. The van der Waals surface area contributed by atoms with Gasteiger partial charge in [-0.1, -0.05) is 12.1 Å². The number of nitrogens with one attached hydrogen (secondary N) is 1. The minimum atomic E-state index is -0.311. The lowest BCUT2D eigenvalue weighted by molar-refractivity contribution is 0.0996. The molecule has 0 aliphatic rings. The second-order valence-electron chi connectivity index (χ2n) is 6.26. The number of rotatable bonds is 4. The van der Waals surface area contributed by atoms with Gasteiger partial charge in [0, 0.05) is 29.2 Å². The fraction of sp³-hybridized carbons (Fsp3) is 0. The van der Waals surface area contributed by atoms with Gasteiger partial charge in [0.2, 0.25) is 0 Å². The van der Waals surface area contributed by atoms with Crippen molar-refractivity contribution < 1.29 is 9.21 Å². The second-order valence-corrected chi connectivity index (χ2v) is 6.26. The minimum Gasteiger partial charge on any atom is -0.459 e. The Hall–Kier alpha value is -4.33. The van der Waals surface area contributed by atoms with Crippen molar-refractivity contribution >= 4 is 17.2 Å². The van der Waals surface area contributed by atoms with Gasteiger partial charge in [0.15, 0.2) is 17.2 Å². The number of anilines is 1. The molecule has 0 saturated heterocycles. The lowest BCUT2D eigenvalue weighted by Gasteiger charge is -2.07. The molecule has 0 saturated carbocycles. The maximum Gasteiger partial charge on any atom is 0.291 e. The SMILES string of the molecule is O=C(Nc1cccc(-c2ccc3nnc(-c4ccncc4)n3n2)c1)c1ccco1. The van der Waals surface area contributed by atoms with Gasteiger partial charge in [0.25, 0.3) is 5.91 Å². The van der Waals surface area contributed by atoms with Crippen molar-refractivity contribution in [3.8, 4) is 22.6 Å². The van der Waals surface area contributed by atoms with E-state index in [-0.39, 0.29) is 11.7 Å². The molecular formula is C21H14N6O2. The van der Waals surface area contributed by atoms with E-state index in [9.17, 15) is 4.79 Å². The standard InChI is InChI=1S/C21H14N6O2/c28-21(18-5-2-12-29-18)23-16-4-1-3-15(13-16)17-6-7-19-24-25-20(27(19)26-17)14-8-10-22-11-9-14/h1-13H,(H,23,28). The summed E-state index contributed by atoms with van der Waals surface area (Å²) in [5.74, 6) is 0.572. The Kier molecular flexibility index (Phi) is 4.06. The first-order chi connectivity index (χ1) is 14.3. The number of aromatic nitrogens is 5. The summed E-state index contributed by atoms with van der Waals surface area (Å²) in [4.78, 5) is 16.3. The molecule has 1 N–H and O–H groups in total. The van der Waals surface area contributed by atoms with Crippen molar-refractivity contribution in [1.29, 1.82) is 0 Å². The number of hydrogen-bond donors (Lipinski definition) is 1. The van der Waals surface area contributed by atoms with Crippen molar-refractivity contribution in [2.45, 2.75) is 0 Å². The van der Waals surface area contributed by atoms with Gasteiger partial charge in [0.05, 0.1) is 12.0 Å². The van der Waals surface area contributed by atoms with Crippen LogP contribution in [0.25, 0.3) is 28.3 Å². The van der Waals surface area contributed by atoms with Crippen molar-refractivity contribution in [3.63, 3.8) is 0 Å². The maximum atomic E-state index is 12.2. The number of carbonyl (C=O) groups excluding carboxylic acids is 1. The van der Waals surface area contributed by atoms with Crippen LogP contribution in [-0.4, -0.2) is 30.7 Å². The van der Waals surface area contributed by atoms with Crippen molar-refractivity contribution in [2.24, 2.45) is 0 Å². The van der Waals surface area contributed by atoms with Crippen LogP contribution in [0.4, 0.5) is 5.69 Å². The fourth-order valence-corrected chi connectivity index (χ4v) is 2.98. The van der Waals surface area contributed by atoms with E-state index in [4.69, 9.17) is 9.52 Å². The molecule has 0 aliphatic carbocycles. The zero-order valence-electron chi connectivity index (χ0n) is 15.1. The molecule has 5 aromatic rings. The first kappa shape index (κ1) is 16.8. The Morgan fingerprint density at radius 3 is 2.66 bits per heavy atom. The number of furan rings is 1. The normalized spacial score (nSPS) is 10.9. The molecule has 0 spiro atoms. The Morgan fingerprint density at radius 2 is 1.83 bits per heavy atom. The Balaban J connectivity index is 1.50. The van der Waals surface area contributed by atoms with Crippen LogP contribution in [0.1, 0.15) is 10.6 Å². The average molecular weight is 382 g/mol. The Morgan fingerprint density at radius 1 is 0.931 bits per heavy atom. The van der Waals surface area contributed by atoms with E-state index in [1.54, 1.807) is 29.0 Å². The lowest BCUT2D eigenvalue weighted by atomic mass is 10.1. The van der Waals surface area contributed by atoms with E-state index >= 15 is 0 Å². The molecule has 0 radical (unpaired) electrons. The predicted octanol–water partition coefficient (Wildman–Crippen LogP) is 3.70. The summed E-state index contributed by atoms with van der Waals surface area (Å²) in [6.07, 6.45) is 4.86. The van der Waals surface area contributed by atoms with Crippen LogP contribution in [0, 0.1) is 0 Å². The smallest absolute Gasteiger partial charge is 0.291 e. The van der Waals surface area contributed by atoms with Gasteiger partial charge in [-0.15, -0.1) is 10.2 Å². The molecular weight excluding hydrogens is 368 g/mol. The molecule has 0 aliphatic heterocycles. The molecule has 1 aromatic carbocycles. The van der Waals surface area contributed by atoms with E-state index < -0.39 is 0 Å². The van der Waals surface area contributed by atoms with Gasteiger partial charge in [0.1, 0.15) is 0 Å². The summed E-state index contributed by atoms with van der Waals surface area (Å²) in [6.45, 7) is 0. The predicted molar refractivity (Wildman–Crippen MR) is 106 cm³/mol. The fourth-order valence-electron chi connectivity index (χ4n) is 2.98. The minimum absolute atomic E-state index is 0.251. The summed E-state index contributed by atoms with van der Waals surface area (Å²) in [7, 11) is 0. The van der Waals surface area contributed by atoms with Crippen LogP contribution >= 0.6 is 0 Å². The van der Waals surface area contributed by atoms with Gasteiger partial charge in [-0.05, 0) is 48.5 Å². The highest BCUT2D eigenvalue weighted by Gasteiger charge is 2.12. The largest absolute Gasteiger partial charge is 0.459 e. The highest BCUT2D eigenvalue weighted by atomic mass is 16.3. The molecule has 8 heteroatoms. The third-order valence-electron chi connectivity index (χ3n) is 4.36. The maximum absolute atomic E-state index is 12.2.